The minimum atomic E-state index is -0.305. The molecule has 0 aliphatic rings. The molecule has 1 rings (SSSR count). The van der Waals surface area contributed by atoms with Gasteiger partial charge >= 0.3 is 5.97 Å². The van der Waals surface area contributed by atoms with Gasteiger partial charge in [-0.2, -0.15) is 12.6 Å². The van der Waals surface area contributed by atoms with E-state index in [0.29, 0.717) is 6.61 Å². The lowest BCUT2D eigenvalue weighted by molar-refractivity contribution is -0.141. The molecule has 0 saturated carbocycles. The van der Waals surface area contributed by atoms with E-state index in [-0.39, 0.29) is 11.7 Å². The molecule has 0 N–H and O–H groups in total. The van der Waals surface area contributed by atoms with E-state index in [0.717, 1.165) is 11.1 Å². The molecular weight excluding hydrogens is 196 g/mol. The second kappa shape index (κ2) is 5.50. The Bertz CT molecular complexity index is 317. The molecule has 0 aliphatic heterocycles. The third-order valence-electron chi connectivity index (χ3n) is 1.74. The van der Waals surface area contributed by atoms with Gasteiger partial charge in [0.25, 0.3) is 0 Å². The Kier molecular flexibility index (Phi) is 4.26. The van der Waals surface area contributed by atoms with E-state index in [1.165, 1.54) is 0 Å². The van der Waals surface area contributed by atoms with Crippen LogP contribution in [0.1, 0.15) is 11.1 Å². The zero-order valence-corrected chi connectivity index (χ0v) is 8.67. The number of esters is 1. The minimum absolute atomic E-state index is 0.116. The Morgan fingerprint density at radius 2 is 2.07 bits per heavy atom. The fourth-order valence-electron chi connectivity index (χ4n) is 0.959. The molecule has 0 amide bonds. The van der Waals surface area contributed by atoms with Gasteiger partial charge in [-0.3, -0.25) is 4.79 Å². The molecule has 1 aromatic carbocycles. The third kappa shape index (κ3) is 3.26. The standard InChI is InChI=1S/C11H12O2S/c1-2-9-3-5-10(6-4-9)7-13-11(12)8-14/h2-6,14H,1,7-8H2. The van der Waals surface area contributed by atoms with E-state index in [1.807, 2.05) is 24.3 Å². The van der Waals surface area contributed by atoms with Crippen molar-refractivity contribution in [2.24, 2.45) is 0 Å². The fourth-order valence-corrected chi connectivity index (χ4v) is 1.05. The molecule has 0 bridgehead atoms. The van der Waals surface area contributed by atoms with Gasteiger partial charge in [-0.15, -0.1) is 0 Å². The van der Waals surface area contributed by atoms with E-state index in [1.54, 1.807) is 6.08 Å². The van der Waals surface area contributed by atoms with Crippen LogP contribution in [0.25, 0.3) is 6.08 Å². The van der Waals surface area contributed by atoms with Crippen molar-refractivity contribution < 1.29 is 9.53 Å². The monoisotopic (exact) mass is 208 g/mol. The smallest absolute Gasteiger partial charge is 0.315 e. The van der Waals surface area contributed by atoms with E-state index in [4.69, 9.17) is 4.74 Å². The van der Waals surface area contributed by atoms with Crippen molar-refractivity contribution in [3.8, 4) is 0 Å². The van der Waals surface area contributed by atoms with Crippen molar-refractivity contribution in [3.05, 3.63) is 42.0 Å². The summed E-state index contributed by atoms with van der Waals surface area (Å²) in [4.78, 5) is 10.8. The Balaban J connectivity index is 2.51. The molecule has 0 heterocycles. The SMILES string of the molecule is C=Cc1ccc(COC(=O)CS)cc1. The summed E-state index contributed by atoms with van der Waals surface area (Å²) in [6.07, 6.45) is 1.77. The zero-order valence-electron chi connectivity index (χ0n) is 7.77. The van der Waals surface area contributed by atoms with Crippen molar-refractivity contribution in [1.82, 2.24) is 0 Å². The Hall–Kier alpha value is -1.22. The summed E-state index contributed by atoms with van der Waals surface area (Å²) in [5.41, 5.74) is 2.01. The van der Waals surface area contributed by atoms with Crippen LogP contribution in [0.15, 0.2) is 30.8 Å². The van der Waals surface area contributed by atoms with Crippen LogP contribution in [-0.2, 0) is 16.1 Å². The first-order chi connectivity index (χ1) is 6.76. The Labute approximate surface area is 89.0 Å². The summed E-state index contributed by atoms with van der Waals surface area (Å²) in [5.74, 6) is -0.189. The normalized spacial score (nSPS) is 9.50. The number of ether oxygens (including phenoxy) is 1. The second-order valence-corrected chi connectivity index (χ2v) is 3.08. The summed E-state index contributed by atoms with van der Waals surface area (Å²) in [6.45, 7) is 3.96. The van der Waals surface area contributed by atoms with Gasteiger partial charge in [0, 0.05) is 0 Å². The molecule has 0 atom stereocenters. The highest BCUT2D eigenvalue weighted by Crippen LogP contribution is 2.06. The third-order valence-corrected chi connectivity index (χ3v) is 2.00. The van der Waals surface area contributed by atoms with E-state index >= 15 is 0 Å². The van der Waals surface area contributed by atoms with Crippen LogP contribution in [0, 0.1) is 0 Å². The lowest BCUT2D eigenvalue weighted by atomic mass is 10.1. The maximum atomic E-state index is 10.8. The number of benzene rings is 1. The molecule has 2 nitrogen and oxygen atoms in total. The Morgan fingerprint density at radius 1 is 1.43 bits per heavy atom. The minimum Gasteiger partial charge on any atom is -0.460 e. The largest absolute Gasteiger partial charge is 0.460 e. The van der Waals surface area contributed by atoms with Gasteiger partial charge in [-0.1, -0.05) is 36.9 Å². The van der Waals surface area contributed by atoms with Crippen LogP contribution in [0.4, 0.5) is 0 Å². The summed E-state index contributed by atoms with van der Waals surface area (Å²) >= 11 is 3.81. The highest BCUT2D eigenvalue weighted by Gasteiger charge is 1.99. The molecule has 0 aromatic heterocycles. The van der Waals surface area contributed by atoms with Crippen LogP contribution in [0.5, 0.6) is 0 Å². The van der Waals surface area contributed by atoms with Crippen LogP contribution in [-0.4, -0.2) is 11.7 Å². The molecule has 0 unspecified atom stereocenters. The first-order valence-electron chi connectivity index (χ1n) is 4.24. The summed E-state index contributed by atoms with van der Waals surface area (Å²) < 4.78 is 4.91. The lowest BCUT2D eigenvalue weighted by Gasteiger charge is -2.03. The van der Waals surface area contributed by atoms with Crippen molar-refractivity contribution in [2.45, 2.75) is 6.61 Å². The first kappa shape index (κ1) is 10.9. The van der Waals surface area contributed by atoms with Crippen LogP contribution >= 0.6 is 12.6 Å². The molecule has 0 aliphatic carbocycles. The number of thiol groups is 1. The van der Waals surface area contributed by atoms with Crippen LogP contribution in [0.2, 0.25) is 0 Å². The van der Waals surface area contributed by atoms with Crippen LogP contribution in [0.3, 0.4) is 0 Å². The molecular formula is C11H12O2S. The maximum Gasteiger partial charge on any atom is 0.315 e. The van der Waals surface area contributed by atoms with Gasteiger partial charge in [0.05, 0.1) is 5.75 Å². The molecule has 0 spiro atoms. The van der Waals surface area contributed by atoms with E-state index in [2.05, 4.69) is 19.2 Å². The van der Waals surface area contributed by atoms with Gasteiger partial charge in [-0.25, -0.2) is 0 Å². The molecule has 74 valence electrons. The van der Waals surface area contributed by atoms with Crippen molar-refractivity contribution in [1.29, 1.82) is 0 Å². The predicted molar refractivity (Wildman–Crippen MR) is 60.2 cm³/mol. The van der Waals surface area contributed by atoms with Gasteiger partial charge in [0.2, 0.25) is 0 Å². The fraction of sp³-hybridized carbons (Fsp3) is 0.182. The van der Waals surface area contributed by atoms with Gasteiger partial charge < -0.3 is 4.74 Å². The zero-order chi connectivity index (χ0) is 10.4. The quantitative estimate of drug-likeness (QED) is 0.607. The summed E-state index contributed by atoms with van der Waals surface area (Å²) in [5, 5.41) is 0. The first-order valence-corrected chi connectivity index (χ1v) is 4.87. The predicted octanol–water partition coefficient (Wildman–Crippen LogP) is 2.30. The highest BCUT2D eigenvalue weighted by atomic mass is 32.1. The topological polar surface area (TPSA) is 26.3 Å². The number of hydrogen-bond donors (Lipinski definition) is 1. The number of rotatable bonds is 4. The number of hydrogen-bond acceptors (Lipinski definition) is 3. The highest BCUT2D eigenvalue weighted by molar-refractivity contribution is 7.81. The number of carbonyl (C=O) groups is 1. The molecule has 3 heteroatoms. The molecule has 14 heavy (non-hydrogen) atoms. The van der Waals surface area contributed by atoms with Gasteiger partial charge in [0.1, 0.15) is 6.61 Å². The van der Waals surface area contributed by atoms with E-state index < -0.39 is 0 Å². The van der Waals surface area contributed by atoms with Crippen LogP contribution < -0.4 is 0 Å². The second-order valence-electron chi connectivity index (χ2n) is 2.76. The maximum absolute atomic E-state index is 10.8. The average Bonchev–Trinajstić information content (AvgIpc) is 2.26. The summed E-state index contributed by atoms with van der Waals surface area (Å²) in [6, 6.07) is 7.67. The van der Waals surface area contributed by atoms with Crippen molar-refractivity contribution >= 4 is 24.7 Å². The number of carbonyl (C=O) groups excluding carboxylic acids is 1. The lowest BCUT2D eigenvalue weighted by Crippen LogP contribution is -2.05. The molecule has 1 aromatic rings. The molecule has 0 saturated heterocycles. The van der Waals surface area contributed by atoms with Gasteiger partial charge in [0.15, 0.2) is 0 Å². The van der Waals surface area contributed by atoms with E-state index in [9.17, 15) is 4.79 Å². The Morgan fingerprint density at radius 3 is 2.57 bits per heavy atom. The molecule has 0 fully saturated rings. The van der Waals surface area contributed by atoms with Crippen molar-refractivity contribution in [3.63, 3.8) is 0 Å². The molecule has 0 radical (unpaired) electrons. The summed E-state index contributed by atoms with van der Waals surface area (Å²) in [7, 11) is 0. The van der Waals surface area contributed by atoms with Crippen molar-refractivity contribution in [2.75, 3.05) is 5.75 Å². The van der Waals surface area contributed by atoms with Gasteiger partial charge in [-0.05, 0) is 11.1 Å². The average molecular weight is 208 g/mol.